The van der Waals surface area contributed by atoms with E-state index in [0.29, 0.717) is 30.7 Å². The molecule has 2 atom stereocenters. The number of fused-ring (bicyclic) bond motifs is 1. The Balaban J connectivity index is 1.71. The number of amides is 1. The third-order valence-electron chi connectivity index (χ3n) is 5.91. The van der Waals surface area contributed by atoms with Gasteiger partial charge in [0.2, 0.25) is 0 Å². The van der Waals surface area contributed by atoms with E-state index in [1.807, 2.05) is 15.8 Å². The predicted molar refractivity (Wildman–Crippen MR) is 102 cm³/mol. The van der Waals surface area contributed by atoms with Gasteiger partial charge >= 0.3 is 0 Å². The zero-order chi connectivity index (χ0) is 18.5. The molecule has 0 aliphatic carbocycles. The van der Waals surface area contributed by atoms with Crippen molar-refractivity contribution in [3.8, 4) is 0 Å². The van der Waals surface area contributed by atoms with Crippen molar-refractivity contribution in [2.45, 2.75) is 58.0 Å². The monoisotopic (exact) mass is 362 g/mol. The molecule has 3 heterocycles. The summed E-state index contributed by atoms with van der Waals surface area (Å²) >= 11 is 0. The minimum atomic E-state index is 0.0851. The lowest BCUT2D eigenvalue weighted by atomic mass is 9.83. The average Bonchev–Trinajstić information content (AvgIpc) is 3.15. The van der Waals surface area contributed by atoms with Crippen LogP contribution in [0.25, 0.3) is 0 Å². The van der Waals surface area contributed by atoms with Crippen molar-refractivity contribution in [1.82, 2.24) is 19.6 Å². The third-order valence-corrected chi connectivity index (χ3v) is 5.91. The highest BCUT2D eigenvalue weighted by molar-refractivity contribution is 5.93. The van der Waals surface area contributed by atoms with Crippen molar-refractivity contribution < 1.29 is 9.53 Å². The number of aromatic nitrogens is 2. The maximum atomic E-state index is 13.1. The third kappa shape index (κ3) is 4.46. The molecule has 26 heavy (non-hydrogen) atoms. The van der Waals surface area contributed by atoms with Crippen LogP contribution in [0.4, 0.5) is 0 Å². The first-order chi connectivity index (χ1) is 12.6. The molecule has 146 valence electrons. The SMILES string of the molecule is COCCN(CC1CCCN2CCCCC12)C(=O)c1cnn(C(C)C)c1. The molecule has 0 aromatic carbocycles. The summed E-state index contributed by atoms with van der Waals surface area (Å²) in [6, 6.07) is 0.909. The molecule has 0 radical (unpaired) electrons. The van der Waals surface area contributed by atoms with E-state index in [-0.39, 0.29) is 11.9 Å². The fraction of sp³-hybridized carbons (Fsp3) is 0.800. The maximum absolute atomic E-state index is 13.1. The van der Waals surface area contributed by atoms with Crippen LogP contribution in [-0.4, -0.2) is 71.4 Å². The molecule has 0 spiro atoms. The highest BCUT2D eigenvalue weighted by atomic mass is 16.5. The van der Waals surface area contributed by atoms with Gasteiger partial charge in [-0.15, -0.1) is 0 Å². The Hall–Kier alpha value is -1.40. The molecule has 2 saturated heterocycles. The predicted octanol–water partition coefficient (Wildman–Crippen LogP) is 2.82. The molecule has 2 unspecified atom stereocenters. The van der Waals surface area contributed by atoms with Gasteiger partial charge in [0.05, 0.1) is 18.4 Å². The molecule has 1 aromatic rings. The van der Waals surface area contributed by atoms with Crippen LogP contribution >= 0.6 is 0 Å². The van der Waals surface area contributed by atoms with Crippen LogP contribution in [0.1, 0.15) is 62.4 Å². The van der Waals surface area contributed by atoms with E-state index >= 15 is 0 Å². The van der Waals surface area contributed by atoms with Gasteiger partial charge in [0.1, 0.15) is 0 Å². The minimum absolute atomic E-state index is 0.0851. The Labute approximate surface area is 157 Å². The molecule has 1 aromatic heterocycles. The summed E-state index contributed by atoms with van der Waals surface area (Å²) in [6.07, 6.45) is 9.98. The molecular formula is C20H34N4O2. The topological polar surface area (TPSA) is 50.6 Å². The fourth-order valence-corrected chi connectivity index (χ4v) is 4.46. The van der Waals surface area contributed by atoms with E-state index in [9.17, 15) is 4.79 Å². The van der Waals surface area contributed by atoms with Crippen LogP contribution in [0.5, 0.6) is 0 Å². The molecular weight excluding hydrogens is 328 g/mol. The number of ether oxygens (including phenoxy) is 1. The minimum Gasteiger partial charge on any atom is -0.383 e. The first-order valence-corrected chi connectivity index (χ1v) is 10.2. The van der Waals surface area contributed by atoms with E-state index in [2.05, 4.69) is 23.8 Å². The van der Waals surface area contributed by atoms with Crippen molar-refractivity contribution >= 4 is 5.91 Å². The van der Waals surface area contributed by atoms with Gasteiger partial charge in [0, 0.05) is 38.5 Å². The van der Waals surface area contributed by atoms with Crippen molar-refractivity contribution in [2.75, 3.05) is 39.9 Å². The summed E-state index contributed by atoms with van der Waals surface area (Å²) in [5.41, 5.74) is 0.686. The summed E-state index contributed by atoms with van der Waals surface area (Å²) in [5, 5.41) is 4.34. The van der Waals surface area contributed by atoms with Gasteiger partial charge in [-0.25, -0.2) is 0 Å². The number of carbonyl (C=O) groups is 1. The van der Waals surface area contributed by atoms with Gasteiger partial charge in [-0.05, 0) is 58.5 Å². The largest absolute Gasteiger partial charge is 0.383 e. The van der Waals surface area contributed by atoms with Crippen LogP contribution in [0.15, 0.2) is 12.4 Å². The average molecular weight is 363 g/mol. The maximum Gasteiger partial charge on any atom is 0.257 e. The molecule has 6 heteroatoms. The molecule has 0 N–H and O–H groups in total. The number of hydrogen-bond acceptors (Lipinski definition) is 4. The van der Waals surface area contributed by atoms with E-state index < -0.39 is 0 Å². The lowest BCUT2D eigenvalue weighted by molar-refractivity contribution is 0.0315. The van der Waals surface area contributed by atoms with Crippen molar-refractivity contribution in [1.29, 1.82) is 0 Å². The van der Waals surface area contributed by atoms with Crippen molar-refractivity contribution in [3.63, 3.8) is 0 Å². The van der Waals surface area contributed by atoms with Crippen LogP contribution in [0, 0.1) is 5.92 Å². The van der Waals surface area contributed by atoms with Gasteiger partial charge in [-0.2, -0.15) is 5.10 Å². The Morgan fingerprint density at radius 1 is 1.31 bits per heavy atom. The van der Waals surface area contributed by atoms with E-state index in [4.69, 9.17) is 4.74 Å². The van der Waals surface area contributed by atoms with E-state index in [0.717, 1.165) is 6.54 Å². The normalized spacial score (nSPS) is 23.8. The smallest absolute Gasteiger partial charge is 0.257 e. The standard InChI is InChI=1S/C20H34N4O2/c1-16(2)24-15-18(13-21-24)20(25)23(11-12-26-3)14-17-7-6-10-22-9-5-4-8-19(17)22/h13,15-17,19H,4-12,14H2,1-3H3. The number of carbonyl (C=O) groups excluding carboxylic acids is 1. The Bertz CT molecular complexity index is 584. The number of nitrogens with zero attached hydrogens (tertiary/aromatic N) is 4. The van der Waals surface area contributed by atoms with Gasteiger partial charge < -0.3 is 14.5 Å². The van der Waals surface area contributed by atoms with Gasteiger partial charge in [-0.3, -0.25) is 9.48 Å². The quantitative estimate of drug-likeness (QED) is 0.748. The Morgan fingerprint density at radius 3 is 2.85 bits per heavy atom. The molecule has 0 saturated carbocycles. The highest BCUT2D eigenvalue weighted by Gasteiger charge is 2.34. The zero-order valence-electron chi connectivity index (χ0n) is 16.6. The van der Waals surface area contributed by atoms with Gasteiger partial charge in [0.25, 0.3) is 5.91 Å². The van der Waals surface area contributed by atoms with Gasteiger partial charge in [0.15, 0.2) is 0 Å². The second kappa shape index (κ2) is 9.00. The van der Waals surface area contributed by atoms with Crippen LogP contribution < -0.4 is 0 Å². The van der Waals surface area contributed by atoms with Crippen LogP contribution in [-0.2, 0) is 4.74 Å². The Kier molecular flexibility index (Phi) is 6.70. The molecule has 3 rings (SSSR count). The summed E-state index contributed by atoms with van der Waals surface area (Å²) in [7, 11) is 1.70. The molecule has 6 nitrogen and oxygen atoms in total. The molecule has 0 bridgehead atoms. The second-order valence-corrected chi connectivity index (χ2v) is 8.05. The van der Waals surface area contributed by atoms with Crippen molar-refractivity contribution in [2.24, 2.45) is 5.92 Å². The molecule has 2 aliphatic heterocycles. The van der Waals surface area contributed by atoms with Crippen LogP contribution in [0.3, 0.4) is 0 Å². The van der Waals surface area contributed by atoms with Crippen molar-refractivity contribution in [3.05, 3.63) is 18.0 Å². The highest BCUT2D eigenvalue weighted by Crippen LogP contribution is 2.31. The number of methoxy groups -OCH3 is 1. The summed E-state index contributed by atoms with van der Waals surface area (Å²) in [5.74, 6) is 0.659. The number of piperidine rings is 2. The summed E-state index contributed by atoms with van der Waals surface area (Å²) in [4.78, 5) is 17.8. The first kappa shape index (κ1) is 19.4. The van der Waals surface area contributed by atoms with E-state index in [1.165, 1.54) is 45.2 Å². The summed E-state index contributed by atoms with van der Waals surface area (Å²) in [6.45, 7) is 8.66. The Morgan fingerprint density at radius 2 is 2.12 bits per heavy atom. The first-order valence-electron chi connectivity index (χ1n) is 10.2. The summed E-state index contributed by atoms with van der Waals surface area (Å²) < 4.78 is 7.12. The lowest BCUT2D eigenvalue weighted by Crippen LogP contribution is -2.52. The fourth-order valence-electron chi connectivity index (χ4n) is 4.46. The molecule has 1 amide bonds. The number of rotatable bonds is 7. The zero-order valence-corrected chi connectivity index (χ0v) is 16.6. The van der Waals surface area contributed by atoms with E-state index in [1.54, 1.807) is 13.3 Å². The lowest BCUT2D eigenvalue weighted by Gasteiger charge is -2.45. The molecule has 2 aliphatic rings. The van der Waals surface area contributed by atoms with Crippen LogP contribution in [0.2, 0.25) is 0 Å². The molecule has 2 fully saturated rings. The second-order valence-electron chi connectivity index (χ2n) is 8.05. The van der Waals surface area contributed by atoms with Gasteiger partial charge in [-0.1, -0.05) is 6.42 Å². The number of hydrogen-bond donors (Lipinski definition) is 0.